The zero-order chi connectivity index (χ0) is 18.6. The molecule has 0 aliphatic heterocycles. The average molecular weight is 403 g/mol. The van der Waals surface area contributed by atoms with Crippen molar-refractivity contribution >= 4 is 23.4 Å². The lowest BCUT2D eigenvalue weighted by molar-refractivity contribution is 0.339. The highest BCUT2D eigenvalue weighted by molar-refractivity contribution is 7.98. The van der Waals surface area contributed by atoms with Gasteiger partial charge in [0.2, 0.25) is 0 Å². The summed E-state index contributed by atoms with van der Waals surface area (Å²) in [7, 11) is 0. The van der Waals surface area contributed by atoms with Crippen molar-refractivity contribution < 1.29 is 4.39 Å². The van der Waals surface area contributed by atoms with Crippen molar-refractivity contribution in [2.24, 2.45) is 0 Å². The summed E-state index contributed by atoms with van der Waals surface area (Å²) in [5, 5.41) is 10.1. The molecule has 4 nitrogen and oxygen atoms in total. The van der Waals surface area contributed by atoms with Crippen molar-refractivity contribution in [3.63, 3.8) is 0 Å². The third-order valence-corrected chi connectivity index (χ3v) is 6.14. The van der Waals surface area contributed by atoms with Crippen LogP contribution in [0.25, 0.3) is 11.4 Å². The largest absolute Gasteiger partial charge is 0.299 e. The summed E-state index contributed by atoms with van der Waals surface area (Å²) in [6, 6.07) is 9.10. The van der Waals surface area contributed by atoms with Crippen LogP contribution >= 0.6 is 23.4 Å². The summed E-state index contributed by atoms with van der Waals surface area (Å²) in [6.07, 6.45) is 9.50. The molecule has 0 amide bonds. The van der Waals surface area contributed by atoms with Gasteiger partial charge in [0.05, 0.1) is 0 Å². The van der Waals surface area contributed by atoms with Gasteiger partial charge in [-0.2, -0.15) is 0 Å². The average Bonchev–Trinajstić information content (AvgIpc) is 3.12. The first-order valence-electron chi connectivity index (χ1n) is 9.14. The maximum atomic E-state index is 14.1. The van der Waals surface area contributed by atoms with Crippen LogP contribution in [0.4, 0.5) is 4.39 Å². The predicted octanol–water partition coefficient (Wildman–Crippen LogP) is 5.93. The number of pyridine rings is 1. The number of aromatic nitrogens is 4. The molecule has 0 unspecified atom stereocenters. The highest BCUT2D eigenvalue weighted by Crippen LogP contribution is 2.36. The Labute approximate surface area is 167 Å². The maximum Gasteiger partial charge on any atom is 0.192 e. The number of rotatable bonds is 5. The van der Waals surface area contributed by atoms with E-state index in [1.807, 2.05) is 12.1 Å². The van der Waals surface area contributed by atoms with E-state index in [0.717, 1.165) is 29.4 Å². The number of halogens is 2. The molecule has 0 atom stereocenters. The van der Waals surface area contributed by atoms with E-state index < -0.39 is 0 Å². The molecule has 0 N–H and O–H groups in total. The van der Waals surface area contributed by atoms with Gasteiger partial charge in [-0.3, -0.25) is 9.55 Å². The van der Waals surface area contributed by atoms with Gasteiger partial charge in [-0.25, -0.2) is 4.39 Å². The first-order chi connectivity index (χ1) is 13.2. The Morgan fingerprint density at radius 2 is 1.85 bits per heavy atom. The van der Waals surface area contributed by atoms with Crippen LogP contribution < -0.4 is 0 Å². The third-order valence-electron chi connectivity index (χ3n) is 4.91. The highest BCUT2D eigenvalue weighted by Gasteiger charge is 2.24. The molecule has 27 heavy (non-hydrogen) atoms. The fourth-order valence-electron chi connectivity index (χ4n) is 3.52. The van der Waals surface area contributed by atoms with Crippen molar-refractivity contribution in [1.29, 1.82) is 0 Å². The molecule has 0 bridgehead atoms. The quantitative estimate of drug-likeness (QED) is 0.496. The van der Waals surface area contributed by atoms with E-state index in [-0.39, 0.29) is 5.82 Å². The van der Waals surface area contributed by atoms with E-state index in [0.29, 0.717) is 22.4 Å². The molecular weight excluding hydrogens is 383 g/mol. The Balaban J connectivity index is 1.64. The molecule has 1 aliphatic rings. The number of hydrogen-bond donors (Lipinski definition) is 0. The number of hydrogen-bond acceptors (Lipinski definition) is 4. The molecule has 1 aromatic carbocycles. The highest BCUT2D eigenvalue weighted by atomic mass is 35.5. The first-order valence-corrected chi connectivity index (χ1v) is 10.5. The van der Waals surface area contributed by atoms with E-state index in [1.165, 1.54) is 37.1 Å². The second-order valence-electron chi connectivity index (χ2n) is 6.73. The van der Waals surface area contributed by atoms with Crippen LogP contribution in [0.5, 0.6) is 0 Å². The monoisotopic (exact) mass is 402 g/mol. The molecular formula is C20H20ClFN4S. The minimum atomic E-state index is -0.284. The molecule has 0 radical (unpaired) electrons. The fraction of sp³-hybridized carbons (Fsp3) is 0.350. The van der Waals surface area contributed by atoms with Crippen molar-refractivity contribution in [2.75, 3.05) is 0 Å². The molecule has 1 fully saturated rings. The number of nitrogens with zero attached hydrogens (tertiary/aromatic N) is 4. The van der Waals surface area contributed by atoms with E-state index >= 15 is 0 Å². The second-order valence-corrected chi connectivity index (χ2v) is 8.11. The van der Waals surface area contributed by atoms with E-state index in [4.69, 9.17) is 11.6 Å². The second kappa shape index (κ2) is 8.40. The van der Waals surface area contributed by atoms with Gasteiger partial charge < -0.3 is 0 Å². The van der Waals surface area contributed by atoms with E-state index in [9.17, 15) is 4.39 Å². The molecule has 2 aromatic heterocycles. The first kappa shape index (κ1) is 18.4. The lowest BCUT2D eigenvalue weighted by atomic mass is 9.95. The van der Waals surface area contributed by atoms with Gasteiger partial charge in [-0.15, -0.1) is 10.2 Å². The summed E-state index contributed by atoms with van der Waals surface area (Å²) in [4.78, 5) is 4.10. The lowest BCUT2D eigenvalue weighted by Gasteiger charge is -2.25. The van der Waals surface area contributed by atoms with Crippen LogP contribution in [-0.4, -0.2) is 19.7 Å². The minimum Gasteiger partial charge on any atom is -0.299 e. The van der Waals surface area contributed by atoms with Gasteiger partial charge in [-0.1, -0.05) is 48.7 Å². The molecule has 1 saturated carbocycles. The third kappa shape index (κ3) is 4.17. The van der Waals surface area contributed by atoms with E-state index in [2.05, 4.69) is 19.7 Å². The summed E-state index contributed by atoms with van der Waals surface area (Å²) in [5.41, 5.74) is 1.63. The van der Waals surface area contributed by atoms with E-state index in [1.54, 1.807) is 24.5 Å². The Hall–Kier alpha value is -1.92. The van der Waals surface area contributed by atoms with Crippen molar-refractivity contribution in [2.45, 2.75) is 49.1 Å². The van der Waals surface area contributed by atoms with Gasteiger partial charge in [0.15, 0.2) is 11.0 Å². The zero-order valence-corrected chi connectivity index (χ0v) is 16.4. The molecule has 4 rings (SSSR count). The van der Waals surface area contributed by atoms with Crippen molar-refractivity contribution in [3.05, 3.63) is 59.1 Å². The molecule has 0 saturated heterocycles. The van der Waals surface area contributed by atoms with Gasteiger partial charge in [0.25, 0.3) is 0 Å². The van der Waals surface area contributed by atoms with Gasteiger partial charge in [0, 0.05) is 34.8 Å². The van der Waals surface area contributed by atoms with Crippen LogP contribution in [0, 0.1) is 5.82 Å². The molecule has 2 heterocycles. The summed E-state index contributed by atoms with van der Waals surface area (Å²) in [6.45, 7) is 0. The lowest BCUT2D eigenvalue weighted by Crippen LogP contribution is -2.15. The molecule has 3 aromatic rings. The standard InChI is InChI=1S/C20H20ClFN4S/c21-16-7-6-15(18(22)12-16)13-27-20-25-24-19(14-8-10-23-11-9-14)26(20)17-4-2-1-3-5-17/h6-12,17H,1-5,13H2. The van der Waals surface area contributed by atoms with Gasteiger partial charge in [0.1, 0.15) is 5.82 Å². The Bertz CT molecular complexity index is 910. The zero-order valence-electron chi connectivity index (χ0n) is 14.8. The van der Waals surface area contributed by atoms with Crippen LogP contribution in [-0.2, 0) is 5.75 Å². The molecule has 7 heteroatoms. The minimum absolute atomic E-state index is 0.284. The van der Waals surface area contributed by atoms with Crippen molar-refractivity contribution in [1.82, 2.24) is 19.7 Å². The van der Waals surface area contributed by atoms with Crippen LogP contribution in [0.15, 0.2) is 47.9 Å². The smallest absolute Gasteiger partial charge is 0.192 e. The maximum absolute atomic E-state index is 14.1. The predicted molar refractivity (Wildman–Crippen MR) is 106 cm³/mol. The Morgan fingerprint density at radius 1 is 1.07 bits per heavy atom. The molecule has 1 aliphatic carbocycles. The normalized spacial score (nSPS) is 15.2. The van der Waals surface area contributed by atoms with Gasteiger partial charge >= 0.3 is 0 Å². The number of thioether (sulfide) groups is 1. The summed E-state index contributed by atoms with van der Waals surface area (Å²) >= 11 is 7.37. The van der Waals surface area contributed by atoms with Crippen LogP contribution in [0.3, 0.4) is 0 Å². The topological polar surface area (TPSA) is 43.6 Å². The number of benzene rings is 1. The Kier molecular flexibility index (Phi) is 5.74. The fourth-order valence-corrected chi connectivity index (χ4v) is 4.67. The van der Waals surface area contributed by atoms with Crippen LogP contribution in [0.1, 0.15) is 43.7 Å². The van der Waals surface area contributed by atoms with Crippen molar-refractivity contribution in [3.8, 4) is 11.4 Å². The Morgan fingerprint density at radius 3 is 2.59 bits per heavy atom. The molecule has 0 spiro atoms. The van der Waals surface area contributed by atoms with Crippen LogP contribution in [0.2, 0.25) is 5.02 Å². The van der Waals surface area contributed by atoms with Gasteiger partial charge in [-0.05, 0) is 42.7 Å². The summed E-state index contributed by atoms with van der Waals surface area (Å²) < 4.78 is 16.4. The summed E-state index contributed by atoms with van der Waals surface area (Å²) in [5.74, 6) is 1.07. The SMILES string of the molecule is Fc1cc(Cl)ccc1CSc1nnc(-c2ccncc2)n1C1CCCCC1. The molecule has 140 valence electrons.